The van der Waals surface area contributed by atoms with Crippen molar-refractivity contribution in [3.8, 4) is 0 Å². The second-order valence-electron chi connectivity index (χ2n) is 7.01. The number of carbonyl (C=O) groups excluding carboxylic acids is 1. The van der Waals surface area contributed by atoms with Gasteiger partial charge in [-0.05, 0) is 62.6 Å². The average Bonchev–Trinajstić information content (AvgIpc) is 3.10. The van der Waals surface area contributed by atoms with Crippen LogP contribution in [0.3, 0.4) is 0 Å². The summed E-state index contributed by atoms with van der Waals surface area (Å²) >= 11 is 1.92. The van der Waals surface area contributed by atoms with E-state index < -0.39 is 0 Å². The summed E-state index contributed by atoms with van der Waals surface area (Å²) in [5.74, 6) is 0.127. The van der Waals surface area contributed by atoms with Crippen LogP contribution in [0.5, 0.6) is 0 Å². The predicted molar refractivity (Wildman–Crippen MR) is 101 cm³/mol. The molecule has 132 valence electrons. The smallest absolute Gasteiger partial charge is 0.253 e. The van der Waals surface area contributed by atoms with Gasteiger partial charge in [-0.15, -0.1) is 0 Å². The number of hydrogen-bond donors (Lipinski definition) is 1. The molecule has 2 fully saturated rings. The molecule has 0 aromatic heterocycles. The molecular formula is C19H28N2O2S. The van der Waals surface area contributed by atoms with E-state index in [1.165, 1.54) is 6.42 Å². The maximum Gasteiger partial charge on any atom is 0.253 e. The molecule has 0 unspecified atom stereocenters. The SMILES string of the molecule is CS[C@@H]1CC[C@@H](N(C)C(=O)c2ccc(N3CCC(O)CC3)cc2)C1. The number of rotatable bonds is 4. The summed E-state index contributed by atoms with van der Waals surface area (Å²) in [6, 6.07) is 8.34. The first-order valence-corrected chi connectivity index (χ1v) is 10.2. The second-order valence-corrected chi connectivity index (χ2v) is 8.14. The van der Waals surface area contributed by atoms with Crippen molar-refractivity contribution >= 4 is 23.4 Å². The maximum atomic E-state index is 12.7. The predicted octanol–water partition coefficient (Wildman–Crippen LogP) is 3.00. The quantitative estimate of drug-likeness (QED) is 0.908. The molecule has 1 aromatic carbocycles. The minimum atomic E-state index is -0.160. The van der Waals surface area contributed by atoms with Gasteiger partial charge >= 0.3 is 0 Å². The van der Waals surface area contributed by atoms with E-state index in [9.17, 15) is 9.90 Å². The molecule has 0 spiro atoms. The van der Waals surface area contributed by atoms with E-state index in [0.29, 0.717) is 11.3 Å². The molecule has 1 heterocycles. The van der Waals surface area contributed by atoms with Crippen LogP contribution in [-0.4, -0.2) is 59.7 Å². The van der Waals surface area contributed by atoms with Crippen molar-refractivity contribution in [2.45, 2.75) is 49.5 Å². The number of amides is 1. The number of carbonyl (C=O) groups is 1. The molecule has 1 aliphatic heterocycles. The van der Waals surface area contributed by atoms with E-state index in [1.54, 1.807) is 0 Å². The summed E-state index contributed by atoms with van der Waals surface area (Å²) in [6.07, 6.45) is 7.08. The normalized spacial score (nSPS) is 25.0. The van der Waals surface area contributed by atoms with E-state index in [1.807, 2.05) is 48.0 Å². The zero-order valence-electron chi connectivity index (χ0n) is 14.6. The Morgan fingerprint density at radius 2 is 1.83 bits per heavy atom. The molecule has 1 aliphatic carbocycles. The van der Waals surface area contributed by atoms with Gasteiger partial charge in [0.25, 0.3) is 5.91 Å². The minimum Gasteiger partial charge on any atom is -0.393 e. The van der Waals surface area contributed by atoms with Gasteiger partial charge in [0.15, 0.2) is 0 Å². The lowest BCUT2D eigenvalue weighted by molar-refractivity contribution is 0.0735. The lowest BCUT2D eigenvalue weighted by Gasteiger charge is -2.31. The van der Waals surface area contributed by atoms with Gasteiger partial charge in [0, 0.05) is 42.7 Å². The van der Waals surface area contributed by atoms with E-state index in [-0.39, 0.29) is 12.0 Å². The summed E-state index contributed by atoms with van der Waals surface area (Å²) in [6.45, 7) is 1.76. The van der Waals surface area contributed by atoms with E-state index in [2.05, 4.69) is 11.2 Å². The number of thioether (sulfide) groups is 1. The summed E-state index contributed by atoms with van der Waals surface area (Å²) < 4.78 is 0. The van der Waals surface area contributed by atoms with Crippen molar-refractivity contribution in [3.05, 3.63) is 29.8 Å². The first kappa shape index (κ1) is 17.6. The number of aliphatic hydroxyl groups excluding tert-OH is 1. The Morgan fingerprint density at radius 1 is 1.17 bits per heavy atom. The van der Waals surface area contributed by atoms with Gasteiger partial charge in [-0.2, -0.15) is 11.8 Å². The van der Waals surface area contributed by atoms with Crippen LogP contribution in [0.15, 0.2) is 24.3 Å². The summed E-state index contributed by atoms with van der Waals surface area (Å²) in [5, 5.41) is 10.3. The molecule has 5 heteroatoms. The molecule has 24 heavy (non-hydrogen) atoms. The molecule has 1 saturated carbocycles. The molecule has 0 bridgehead atoms. The number of piperidine rings is 1. The number of hydrogen-bond acceptors (Lipinski definition) is 4. The van der Waals surface area contributed by atoms with Crippen molar-refractivity contribution < 1.29 is 9.90 Å². The molecule has 2 aliphatic rings. The van der Waals surface area contributed by atoms with Gasteiger partial charge in [-0.3, -0.25) is 4.79 Å². The van der Waals surface area contributed by atoms with Crippen LogP contribution in [-0.2, 0) is 0 Å². The van der Waals surface area contributed by atoms with Gasteiger partial charge in [0.05, 0.1) is 6.10 Å². The van der Waals surface area contributed by atoms with E-state index >= 15 is 0 Å². The Balaban J connectivity index is 1.61. The van der Waals surface area contributed by atoms with Gasteiger partial charge in [0.2, 0.25) is 0 Å². The third kappa shape index (κ3) is 3.89. The van der Waals surface area contributed by atoms with Crippen molar-refractivity contribution in [3.63, 3.8) is 0 Å². The van der Waals surface area contributed by atoms with Crippen LogP contribution in [0, 0.1) is 0 Å². The fourth-order valence-electron chi connectivity index (χ4n) is 3.79. The summed E-state index contributed by atoms with van der Waals surface area (Å²) in [5.41, 5.74) is 1.91. The monoisotopic (exact) mass is 348 g/mol. The average molecular weight is 349 g/mol. The molecule has 0 radical (unpaired) electrons. The van der Waals surface area contributed by atoms with Crippen molar-refractivity contribution in [2.75, 3.05) is 31.3 Å². The lowest BCUT2D eigenvalue weighted by atomic mass is 10.1. The summed E-state index contributed by atoms with van der Waals surface area (Å²) in [4.78, 5) is 16.9. The third-order valence-electron chi connectivity index (χ3n) is 5.50. The largest absolute Gasteiger partial charge is 0.393 e. The fraction of sp³-hybridized carbons (Fsp3) is 0.632. The van der Waals surface area contributed by atoms with E-state index in [4.69, 9.17) is 0 Å². The molecule has 3 rings (SSSR count). The van der Waals surface area contributed by atoms with Gasteiger partial charge < -0.3 is 14.9 Å². The Morgan fingerprint density at radius 3 is 2.42 bits per heavy atom. The second kappa shape index (κ2) is 7.79. The number of benzene rings is 1. The zero-order valence-corrected chi connectivity index (χ0v) is 15.5. The van der Waals surface area contributed by atoms with Crippen LogP contribution < -0.4 is 4.90 Å². The lowest BCUT2D eigenvalue weighted by Crippen LogP contribution is -2.36. The van der Waals surface area contributed by atoms with Crippen molar-refractivity contribution in [1.82, 2.24) is 4.90 Å². The number of anilines is 1. The van der Waals surface area contributed by atoms with Crippen molar-refractivity contribution in [1.29, 1.82) is 0 Å². The Bertz CT molecular complexity index is 555. The van der Waals surface area contributed by atoms with Gasteiger partial charge in [-0.25, -0.2) is 0 Å². The maximum absolute atomic E-state index is 12.7. The highest BCUT2D eigenvalue weighted by Gasteiger charge is 2.29. The van der Waals surface area contributed by atoms with Crippen LogP contribution >= 0.6 is 11.8 Å². The number of nitrogens with zero attached hydrogens (tertiary/aromatic N) is 2. The highest BCUT2D eigenvalue weighted by molar-refractivity contribution is 7.99. The van der Waals surface area contributed by atoms with Crippen LogP contribution in [0.4, 0.5) is 5.69 Å². The summed E-state index contributed by atoms with van der Waals surface area (Å²) in [7, 11) is 1.94. The molecule has 1 N–H and O–H groups in total. The topological polar surface area (TPSA) is 43.8 Å². The first-order chi connectivity index (χ1) is 11.6. The van der Waals surface area contributed by atoms with Gasteiger partial charge in [-0.1, -0.05) is 0 Å². The minimum absolute atomic E-state index is 0.127. The highest BCUT2D eigenvalue weighted by atomic mass is 32.2. The van der Waals surface area contributed by atoms with Crippen LogP contribution in [0.25, 0.3) is 0 Å². The van der Waals surface area contributed by atoms with Gasteiger partial charge in [0.1, 0.15) is 0 Å². The molecule has 4 nitrogen and oxygen atoms in total. The zero-order chi connectivity index (χ0) is 17.1. The first-order valence-electron chi connectivity index (χ1n) is 8.91. The van der Waals surface area contributed by atoms with Crippen LogP contribution in [0.1, 0.15) is 42.5 Å². The Kier molecular flexibility index (Phi) is 5.72. The molecule has 1 amide bonds. The fourth-order valence-corrected chi connectivity index (χ4v) is 4.58. The third-order valence-corrected chi connectivity index (χ3v) is 6.60. The van der Waals surface area contributed by atoms with Crippen LogP contribution in [0.2, 0.25) is 0 Å². The molecule has 1 aromatic rings. The standard InChI is InChI=1S/C19H28N2O2S/c1-20(16-7-8-18(13-16)24-2)19(23)14-3-5-15(6-4-14)21-11-9-17(22)10-12-21/h3-6,16-18,22H,7-13H2,1-2H3/t16-,18-/m1/s1. The molecule has 1 saturated heterocycles. The molecule has 2 atom stereocenters. The Labute approximate surface area is 149 Å². The van der Waals surface area contributed by atoms with E-state index in [0.717, 1.165) is 50.0 Å². The van der Waals surface area contributed by atoms with Crippen molar-refractivity contribution in [2.24, 2.45) is 0 Å². The number of aliphatic hydroxyl groups is 1. The Hall–Kier alpha value is -1.20. The molecular weight excluding hydrogens is 320 g/mol. The highest BCUT2D eigenvalue weighted by Crippen LogP contribution is 2.31.